The highest BCUT2D eigenvalue weighted by atomic mass is 35.5. The third kappa shape index (κ3) is 3.69. The Morgan fingerprint density at radius 1 is 1.50 bits per heavy atom. The lowest BCUT2D eigenvalue weighted by atomic mass is 10.2. The van der Waals surface area contributed by atoms with E-state index >= 15 is 0 Å². The lowest BCUT2D eigenvalue weighted by Gasteiger charge is -2.12. The summed E-state index contributed by atoms with van der Waals surface area (Å²) >= 11 is 5.98. The molecule has 0 spiro atoms. The summed E-state index contributed by atoms with van der Waals surface area (Å²) in [6, 6.07) is 7.07. The molecule has 2 N–H and O–H groups in total. The lowest BCUT2D eigenvalue weighted by Crippen LogP contribution is -2.28. The van der Waals surface area contributed by atoms with E-state index < -0.39 is 0 Å². The largest absolute Gasteiger partial charge is 0.323 e. The zero-order valence-corrected chi connectivity index (χ0v) is 11.6. The molecule has 6 heteroatoms. The van der Waals surface area contributed by atoms with Gasteiger partial charge in [0.1, 0.15) is 0 Å². The predicted octanol–water partition coefficient (Wildman–Crippen LogP) is 2.24. The van der Waals surface area contributed by atoms with Gasteiger partial charge in [0.05, 0.1) is 17.9 Å². The van der Waals surface area contributed by atoms with Crippen molar-refractivity contribution in [2.75, 3.05) is 18.4 Å². The maximum Gasteiger partial charge on any atom is 0.238 e. The molecule has 104 valence electrons. The van der Waals surface area contributed by atoms with Crippen LogP contribution >= 0.6 is 11.6 Å². The summed E-state index contributed by atoms with van der Waals surface area (Å²) in [5.74, 6) is -0.150. The molecule has 1 aromatic carbocycles. The van der Waals surface area contributed by atoms with Crippen LogP contribution in [0.4, 0.5) is 5.69 Å². The fourth-order valence-electron chi connectivity index (χ4n) is 1.70. The molecule has 0 aliphatic carbocycles. The number of aromatic nitrogens is 2. The normalized spacial score (nSPS) is 10.2. The molecule has 0 aliphatic heterocycles. The molecule has 2 aromatic rings. The summed E-state index contributed by atoms with van der Waals surface area (Å²) in [6.07, 6.45) is 5.17. The molecule has 0 saturated carbocycles. The van der Waals surface area contributed by atoms with E-state index in [1.807, 2.05) is 12.1 Å². The van der Waals surface area contributed by atoms with Crippen molar-refractivity contribution in [3.63, 3.8) is 0 Å². The SMILES string of the molecule is C=CCNCC(=O)Nc1cc(Cl)ccc1-n1cccn1. The molecular formula is C14H15ClN4O. The van der Waals surface area contributed by atoms with Gasteiger partial charge in [-0.2, -0.15) is 5.10 Å². The van der Waals surface area contributed by atoms with Crippen LogP contribution in [0.5, 0.6) is 0 Å². The van der Waals surface area contributed by atoms with E-state index in [1.165, 1.54) is 0 Å². The van der Waals surface area contributed by atoms with Crippen LogP contribution in [0, 0.1) is 0 Å². The van der Waals surface area contributed by atoms with Crippen LogP contribution < -0.4 is 10.6 Å². The fraction of sp³-hybridized carbons (Fsp3) is 0.143. The van der Waals surface area contributed by atoms with Crippen LogP contribution in [0.15, 0.2) is 49.3 Å². The molecule has 0 unspecified atom stereocenters. The smallest absolute Gasteiger partial charge is 0.238 e. The second-order valence-corrected chi connectivity index (χ2v) is 4.52. The summed E-state index contributed by atoms with van der Waals surface area (Å²) in [5.41, 5.74) is 1.38. The molecule has 0 atom stereocenters. The van der Waals surface area contributed by atoms with E-state index in [4.69, 9.17) is 11.6 Å². The molecule has 1 aromatic heterocycles. The van der Waals surface area contributed by atoms with Crippen LogP contribution in [0.3, 0.4) is 0 Å². The van der Waals surface area contributed by atoms with Gasteiger partial charge < -0.3 is 10.6 Å². The van der Waals surface area contributed by atoms with Crippen molar-refractivity contribution in [3.05, 3.63) is 54.3 Å². The number of benzene rings is 1. The summed E-state index contributed by atoms with van der Waals surface area (Å²) in [6.45, 7) is 4.36. The number of carbonyl (C=O) groups is 1. The first kappa shape index (κ1) is 14.3. The molecular weight excluding hydrogens is 276 g/mol. The highest BCUT2D eigenvalue weighted by Gasteiger charge is 2.09. The van der Waals surface area contributed by atoms with Crippen LogP contribution in [-0.4, -0.2) is 28.8 Å². The van der Waals surface area contributed by atoms with Crippen molar-refractivity contribution < 1.29 is 4.79 Å². The molecule has 0 bridgehead atoms. The van der Waals surface area contributed by atoms with Gasteiger partial charge in [0.15, 0.2) is 0 Å². The number of nitrogens with zero attached hydrogens (tertiary/aromatic N) is 2. The second kappa shape index (κ2) is 6.88. The molecule has 20 heavy (non-hydrogen) atoms. The molecule has 1 heterocycles. The number of hydrogen-bond acceptors (Lipinski definition) is 3. The number of anilines is 1. The predicted molar refractivity (Wildman–Crippen MR) is 80.3 cm³/mol. The number of nitrogens with one attached hydrogen (secondary N) is 2. The van der Waals surface area contributed by atoms with Crippen molar-refractivity contribution >= 4 is 23.2 Å². The van der Waals surface area contributed by atoms with Crippen molar-refractivity contribution in [2.45, 2.75) is 0 Å². The van der Waals surface area contributed by atoms with Gasteiger partial charge in [-0.15, -0.1) is 6.58 Å². The quantitative estimate of drug-likeness (QED) is 0.634. The van der Waals surface area contributed by atoms with Crippen LogP contribution in [0.2, 0.25) is 5.02 Å². The Morgan fingerprint density at radius 2 is 2.35 bits per heavy atom. The minimum atomic E-state index is -0.150. The van der Waals surface area contributed by atoms with Gasteiger partial charge >= 0.3 is 0 Å². The average molecular weight is 291 g/mol. The van der Waals surface area contributed by atoms with Gasteiger partial charge in [-0.3, -0.25) is 4.79 Å². The first-order valence-corrected chi connectivity index (χ1v) is 6.49. The molecule has 0 fully saturated rings. The Balaban J connectivity index is 2.16. The van der Waals surface area contributed by atoms with Gasteiger partial charge in [0.25, 0.3) is 0 Å². The fourth-order valence-corrected chi connectivity index (χ4v) is 1.87. The van der Waals surface area contributed by atoms with E-state index in [1.54, 1.807) is 35.3 Å². The zero-order valence-electron chi connectivity index (χ0n) is 10.8. The number of hydrogen-bond donors (Lipinski definition) is 2. The maximum absolute atomic E-state index is 11.8. The number of rotatable bonds is 6. The van der Waals surface area contributed by atoms with Gasteiger partial charge in [0.2, 0.25) is 5.91 Å². The molecule has 0 saturated heterocycles. The van der Waals surface area contributed by atoms with E-state index in [9.17, 15) is 4.79 Å². The summed E-state index contributed by atoms with van der Waals surface area (Å²) in [7, 11) is 0. The minimum Gasteiger partial charge on any atom is -0.323 e. The molecule has 0 aliphatic rings. The first-order valence-electron chi connectivity index (χ1n) is 6.11. The van der Waals surface area contributed by atoms with Crippen LogP contribution in [0.1, 0.15) is 0 Å². The highest BCUT2D eigenvalue weighted by molar-refractivity contribution is 6.31. The maximum atomic E-state index is 11.8. The standard InChI is InChI=1S/C14H15ClN4O/c1-2-6-16-10-14(20)18-12-9-11(15)4-5-13(12)19-8-3-7-17-19/h2-5,7-9,16H,1,6,10H2,(H,18,20). The molecule has 2 rings (SSSR count). The Bertz CT molecular complexity index is 595. The van der Waals surface area contributed by atoms with Crippen LogP contribution in [-0.2, 0) is 4.79 Å². The highest BCUT2D eigenvalue weighted by Crippen LogP contribution is 2.23. The molecule has 0 radical (unpaired) electrons. The Morgan fingerprint density at radius 3 is 3.05 bits per heavy atom. The van der Waals surface area contributed by atoms with Crippen molar-refractivity contribution in [1.82, 2.24) is 15.1 Å². The third-order valence-corrected chi connectivity index (χ3v) is 2.79. The van der Waals surface area contributed by atoms with Crippen molar-refractivity contribution in [3.8, 4) is 5.69 Å². The average Bonchev–Trinajstić information content (AvgIpc) is 2.93. The summed E-state index contributed by atoms with van der Waals surface area (Å²) < 4.78 is 1.67. The number of amides is 1. The Kier molecular flexibility index (Phi) is 4.92. The number of carbonyl (C=O) groups excluding carboxylic acids is 1. The Hall–Kier alpha value is -2.11. The minimum absolute atomic E-state index is 0.150. The van der Waals surface area contributed by atoms with E-state index in [0.717, 1.165) is 5.69 Å². The van der Waals surface area contributed by atoms with E-state index in [2.05, 4.69) is 22.3 Å². The van der Waals surface area contributed by atoms with Crippen molar-refractivity contribution in [1.29, 1.82) is 0 Å². The van der Waals surface area contributed by atoms with E-state index in [0.29, 0.717) is 17.3 Å². The summed E-state index contributed by atoms with van der Waals surface area (Å²) in [5, 5.41) is 10.5. The summed E-state index contributed by atoms with van der Waals surface area (Å²) in [4.78, 5) is 11.8. The van der Waals surface area contributed by atoms with Gasteiger partial charge in [0, 0.05) is 24.0 Å². The first-order chi connectivity index (χ1) is 9.70. The number of halogens is 1. The Labute approximate surface area is 122 Å². The van der Waals surface area contributed by atoms with Gasteiger partial charge in [-0.1, -0.05) is 17.7 Å². The third-order valence-electron chi connectivity index (χ3n) is 2.56. The molecule has 1 amide bonds. The lowest BCUT2D eigenvalue weighted by molar-refractivity contribution is -0.115. The molecule has 5 nitrogen and oxygen atoms in total. The topological polar surface area (TPSA) is 59.0 Å². The van der Waals surface area contributed by atoms with Gasteiger partial charge in [-0.05, 0) is 24.3 Å². The van der Waals surface area contributed by atoms with Gasteiger partial charge in [-0.25, -0.2) is 4.68 Å². The van der Waals surface area contributed by atoms with Crippen molar-refractivity contribution in [2.24, 2.45) is 0 Å². The monoisotopic (exact) mass is 290 g/mol. The van der Waals surface area contributed by atoms with Crippen LogP contribution in [0.25, 0.3) is 5.69 Å². The zero-order chi connectivity index (χ0) is 14.4. The second-order valence-electron chi connectivity index (χ2n) is 4.08. The van der Waals surface area contributed by atoms with E-state index in [-0.39, 0.29) is 12.5 Å².